The van der Waals surface area contributed by atoms with E-state index < -0.39 is 11.7 Å². The molecule has 0 amide bonds. The fourth-order valence-corrected chi connectivity index (χ4v) is 5.27. The number of nitrogens with zero attached hydrogens (tertiary/aromatic N) is 3. The Labute approximate surface area is 225 Å². The number of hydrogen-bond donors (Lipinski definition) is 0. The van der Waals surface area contributed by atoms with Gasteiger partial charge in [-0.1, -0.05) is 12.1 Å². The van der Waals surface area contributed by atoms with Crippen LogP contribution in [0.15, 0.2) is 36.5 Å². The number of benzene rings is 2. The quantitative estimate of drug-likeness (QED) is 0.421. The molecule has 0 radical (unpaired) electrons. The average Bonchev–Trinajstić information content (AvgIpc) is 3.31. The summed E-state index contributed by atoms with van der Waals surface area (Å²) in [7, 11) is 5.22. The summed E-state index contributed by atoms with van der Waals surface area (Å²) in [6.45, 7) is 12.8. The summed E-state index contributed by atoms with van der Waals surface area (Å²) in [4.78, 5) is 29.9. The predicted octanol–water partition coefficient (Wildman–Crippen LogP) is 5.33. The minimum Gasteiger partial charge on any atom is -0.496 e. The maximum Gasteiger partial charge on any atom is 0.419 e. The molecule has 1 atom stereocenters. The summed E-state index contributed by atoms with van der Waals surface area (Å²) in [5.41, 5.74) is 4.85. The molecule has 1 saturated heterocycles. The van der Waals surface area contributed by atoms with Crippen LogP contribution in [0.25, 0.3) is 10.9 Å². The molecular weight excluding hydrogens is 482 g/mol. The molecule has 0 spiro atoms. The van der Waals surface area contributed by atoms with Gasteiger partial charge in [-0.3, -0.25) is 9.47 Å². The molecule has 0 bridgehead atoms. The number of fused-ring (bicyclic) bond motifs is 1. The van der Waals surface area contributed by atoms with Crippen molar-refractivity contribution in [3.8, 4) is 5.75 Å². The highest BCUT2D eigenvalue weighted by atomic mass is 16.6. The maximum atomic E-state index is 13.0. The van der Waals surface area contributed by atoms with Gasteiger partial charge in [-0.05, 0) is 76.6 Å². The van der Waals surface area contributed by atoms with E-state index in [2.05, 4.69) is 22.9 Å². The number of likely N-dealkylation sites (N-methyl/N-ethyl adjacent to an activating group) is 1. The number of rotatable bonds is 5. The molecule has 0 saturated carbocycles. The van der Waals surface area contributed by atoms with Crippen molar-refractivity contribution in [2.45, 2.75) is 52.8 Å². The molecule has 1 aliphatic heterocycles. The van der Waals surface area contributed by atoms with Gasteiger partial charge < -0.3 is 19.1 Å². The van der Waals surface area contributed by atoms with E-state index in [1.807, 2.05) is 58.9 Å². The van der Waals surface area contributed by atoms with Gasteiger partial charge in [0, 0.05) is 49.4 Å². The van der Waals surface area contributed by atoms with Gasteiger partial charge in [-0.25, -0.2) is 9.59 Å². The van der Waals surface area contributed by atoms with Crippen molar-refractivity contribution in [1.29, 1.82) is 0 Å². The summed E-state index contributed by atoms with van der Waals surface area (Å²) < 4.78 is 18.0. The topological polar surface area (TPSA) is 73.2 Å². The Morgan fingerprint density at radius 3 is 2.39 bits per heavy atom. The first-order valence-corrected chi connectivity index (χ1v) is 13.0. The van der Waals surface area contributed by atoms with Crippen molar-refractivity contribution in [3.05, 3.63) is 64.3 Å². The fraction of sp³-hybridized carbons (Fsp3) is 0.467. The van der Waals surface area contributed by atoms with Gasteiger partial charge in [-0.15, -0.1) is 0 Å². The summed E-state index contributed by atoms with van der Waals surface area (Å²) in [5, 5.41) is 0.975. The van der Waals surface area contributed by atoms with Gasteiger partial charge in [-0.2, -0.15) is 0 Å². The lowest BCUT2D eigenvalue weighted by Gasteiger charge is -2.41. The summed E-state index contributed by atoms with van der Waals surface area (Å²) in [5.74, 6) is 0.472. The van der Waals surface area contributed by atoms with Crippen molar-refractivity contribution in [2.75, 3.05) is 40.9 Å². The normalized spacial score (nSPS) is 17.0. The summed E-state index contributed by atoms with van der Waals surface area (Å²) >= 11 is 0. The molecule has 0 N–H and O–H groups in total. The average molecular weight is 522 g/mol. The second-order valence-corrected chi connectivity index (χ2v) is 11.1. The molecule has 1 fully saturated rings. The highest BCUT2D eigenvalue weighted by Crippen LogP contribution is 2.36. The SMILES string of the molecule is COC(=O)c1ccc(C2CN(C)CCN2Cc2c(OC)cc(C)c3c2ccn3C(=O)OC(C)(C)C)cc1C. The molecular formula is C30H39N3O5. The molecule has 1 aliphatic rings. The van der Waals surface area contributed by atoms with E-state index in [0.29, 0.717) is 12.1 Å². The minimum atomic E-state index is -0.592. The zero-order valence-corrected chi connectivity index (χ0v) is 23.8. The molecule has 0 aliphatic carbocycles. The van der Waals surface area contributed by atoms with Gasteiger partial charge in [0.2, 0.25) is 0 Å². The number of piperazine rings is 1. The van der Waals surface area contributed by atoms with E-state index in [9.17, 15) is 9.59 Å². The van der Waals surface area contributed by atoms with Gasteiger partial charge in [0.1, 0.15) is 11.4 Å². The first-order valence-electron chi connectivity index (χ1n) is 13.0. The van der Waals surface area contributed by atoms with E-state index >= 15 is 0 Å². The smallest absolute Gasteiger partial charge is 0.419 e. The monoisotopic (exact) mass is 521 g/mol. The van der Waals surface area contributed by atoms with E-state index in [0.717, 1.165) is 58.5 Å². The Hall–Kier alpha value is -3.36. The van der Waals surface area contributed by atoms with Gasteiger partial charge in [0.25, 0.3) is 0 Å². The molecule has 2 heterocycles. The number of ether oxygens (including phenoxy) is 3. The Bertz CT molecular complexity index is 1350. The molecule has 4 rings (SSSR count). The molecule has 1 aromatic heterocycles. The molecule has 3 aromatic rings. The van der Waals surface area contributed by atoms with Crippen LogP contribution in [0.1, 0.15) is 59.4 Å². The molecule has 204 valence electrons. The van der Waals surface area contributed by atoms with Gasteiger partial charge in [0.05, 0.1) is 25.3 Å². The maximum absolute atomic E-state index is 13.0. The van der Waals surface area contributed by atoms with Crippen molar-refractivity contribution < 1.29 is 23.8 Å². The molecule has 8 heteroatoms. The highest BCUT2D eigenvalue weighted by molar-refractivity contribution is 5.95. The Kier molecular flexibility index (Phi) is 7.85. The third kappa shape index (κ3) is 5.56. The van der Waals surface area contributed by atoms with Crippen LogP contribution in [0.4, 0.5) is 4.79 Å². The lowest BCUT2D eigenvalue weighted by molar-refractivity contribution is 0.0542. The lowest BCUT2D eigenvalue weighted by atomic mass is 9.96. The third-order valence-electron chi connectivity index (χ3n) is 7.14. The third-order valence-corrected chi connectivity index (χ3v) is 7.14. The van der Waals surface area contributed by atoms with Crippen LogP contribution in [0, 0.1) is 13.8 Å². The number of carbonyl (C=O) groups is 2. The van der Waals surface area contributed by atoms with Crippen molar-refractivity contribution >= 4 is 23.0 Å². The predicted molar refractivity (Wildman–Crippen MR) is 148 cm³/mol. The lowest BCUT2D eigenvalue weighted by Crippen LogP contribution is -2.46. The Morgan fingerprint density at radius 2 is 1.76 bits per heavy atom. The van der Waals surface area contributed by atoms with Crippen molar-refractivity contribution in [2.24, 2.45) is 0 Å². The number of carbonyl (C=O) groups excluding carboxylic acids is 2. The highest BCUT2D eigenvalue weighted by Gasteiger charge is 2.30. The first-order chi connectivity index (χ1) is 17.9. The van der Waals surface area contributed by atoms with Crippen LogP contribution in [0.2, 0.25) is 0 Å². The summed E-state index contributed by atoms with van der Waals surface area (Å²) in [6.07, 6.45) is 1.38. The van der Waals surface area contributed by atoms with Crippen LogP contribution >= 0.6 is 0 Å². The molecule has 8 nitrogen and oxygen atoms in total. The largest absolute Gasteiger partial charge is 0.496 e. The minimum absolute atomic E-state index is 0.119. The number of aromatic nitrogens is 1. The first kappa shape index (κ1) is 27.7. The molecule has 2 aromatic carbocycles. The van der Waals surface area contributed by atoms with E-state index in [-0.39, 0.29) is 12.0 Å². The standard InChI is InChI=1S/C30H39N3O5/c1-19-15-21(9-10-22(19)28(34)37-8)25-18-31(6)13-14-32(25)17-24-23-11-12-33(29(35)38-30(3,4)5)27(23)20(2)16-26(24)36-7/h9-12,15-16,25H,13-14,17-18H2,1-8H3. The zero-order chi connectivity index (χ0) is 27.8. The second-order valence-electron chi connectivity index (χ2n) is 11.1. The second kappa shape index (κ2) is 10.8. The Morgan fingerprint density at radius 1 is 1.03 bits per heavy atom. The van der Waals surface area contributed by atoms with Crippen LogP contribution in [0.5, 0.6) is 5.75 Å². The van der Waals surface area contributed by atoms with E-state index in [4.69, 9.17) is 14.2 Å². The van der Waals surface area contributed by atoms with Crippen molar-refractivity contribution in [1.82, 2.24) is 14.4 Å². The van der Waals surface area contributed by atoms with Crippen LogP contribution in [-0.4, -0.2) is 72.9 Å². The van der Waals surface area contributed by atoms with Crippen LogP contribution in [-0.2, 0) is 16.0 Å². The number of esters is 1. The fourth-order valence-electron chi connectivity index (χ4n) is 5.27. The van der Waals surface area contributed by atoms with Gasteiger partial charge in [0.15, 0.2) is 0 Å². The van der Waals surface area contributed by atoms with E-state index in [1.165, 1.54) is 7.11 Å². The number of aryl methyl sites for hydroxylation is 2. The summed E-state index contributed by atoms with van der Waals surface area (Å²) in [6, 6.07) is 10.1. The van der Waals surface area contributed by atoms with Crippen molar-refractivity contribution in [3.63, 3.8) is 0 Å². The molecule has 1 unspecified atom stereocenters. The van der Waals surface area contributed by atoms with Crippen LogP contribution in [0.3, 0.4) is 0 Å². The molecule has 38 heavy (non-hydrogen) atoms. The van der Waals surface area contributed by atoms with E-state index in [1.54, 1.807) is 17.9 Å². The van der Waals surface area contributed by atoms with Gasteiger partial charge >= 0.3 is 12.1 Å². The van der Waals surface area contributed by atoms with Crippen LogP contribution < -0.4 is 4.74 Å². The zero-order valence-electron chi connectivity index (χ0n) is 23.8. The number of methoxy groups -OCH3 is 2. The number of hydrogen-bond acceptors (Lipinski definition) is 7. The Balaban J connectivity index is 1.74.